The van der Waals surface area contributed by atoms with Crippen LogP contribution in [0.3, 0.4) is 0 Å². The highest BCUT2D eigenvalue weighted by molar-refractivity contribution is 9.10. The number of amides is 1. The van der Waals surface area contributed by atoms with E-state index in [1.54, 1.807) is 42.5 Å². The standard InChI is InChI=1S/C16H12BrN3O3S2/c17-13-9-5-4-8-12(13)15(21)18-16-20-19-14(24-16)10-25(22,23)11-6-2-1-3-7-11/h1-9H,10H2,(H,18,20,21). The quantitative estimate of drug-likeness (QED) is 0.659. The van der Waals surface area contributed by atoms with Crippen molar-refractivity contribution in [3.63, 3.8) is 0 Å². The van der Waals surface area contributed by atoms with Gasteiger partial charge >= 0.3 is 0 Å². The lowest BCUT2D eigenvalue weighted by atomic mass is 10.2. The Morgan fingerprint density at radius 3 is 2.44 bits per heavy atom. The van der Waals surface area contributed by atoms with Crippen molar-refractivity contribution in [1.82, 2.24) is 10.2 Å². The summed E-state index contributed by atoms with van der Waals surface area (Å²) in [6, 6.07) is 15.1. The summed E-state index contributed by atoms with van der Waals surface area (Å²) in [5, 5.41) is 10.9. The van der Waals surface area contributed by atoms with E-state index in [-0.39, 0.29) is 21.7 Å². The molecule has 0 aliphatic rings. The van der Waals surface area contributed by atoms with Gasteiger partial charge in [-0.05, 0) is 40.2 Å². The predicted molar refractivity (Wildman–Crippen MR) is 99.3 cm³/mol. The van der Waals surface area contributed by atoms with Crippen LogP contribution in [0.15, 0.2) is 64.0 Å². The van der Waals surface area contributed by atoms with Crippen molar-refractivity contribution in [2.75, 3.05) is 5.32 Å². The zero-order valence-electron chi connectivity index (χ0n) is 12.7. The smallest absolute Gasteiger partial charge is 0.258 e. The van der Waals surface area contributed by atoms with Crippen molar-refractivity contribution in [1.29, 1.82) is 0 Å². The second-order valence-corrected chi connectivity index (χ2v) is 8.91. The van der Waals surface area contributed by atoms with Crippen molar-refractivity contribution in [2.45, 2.75) is 10.6 Å². The molecule has 0 atom stereocenters. The summed E-state index contributed by atoms with van der Waals surface area (Å²) < 4.78 is 25.3. The molecule has 0 saturated heterocycles. The third-order valence-corrected chi connectivity index (χ3v) is 6.58. The van der Waals surface area contributed by atoms with E-state index in [0.29, 0.717) is 15.0 Å². The maximum atomic E-state index is 12.3. The monoisotopic (exact) mass is 437 g/mol. The van der Waals surface area contributed by atoms with E-state index in [2.05, 4.69) is 31.4 Å². The van der Waals surface area contributed by atoms with Crippen molar-refractivity contribution in [3.8, 4) is 0 Å². The van der Waals surface area contributed by atoms with Crippen LogP contribution in [0.4, 0.5) is 5.13 Å². The molecule has 0 bridgehead atoms. The molecule has 1 heterocycles. The first-order chi connectivity index (χ1) is 12.0. The third-order valence-electron chi connectivity index (χ3n) is 3.22. The van der Waals surface area contributed by atoms with Crippen LogP contribution in [0.25, 0.3) is 0 Å². The van der Waals surface area contributed by atoms with E-state index in [4.69, 9.17) is 0 Å². The highest BCUT2D eigenvalue weighted by atomic mass is 79.9. The number of hydrogen-bond donors (Lipinski definition) is 1. The van der Waals surface area contributed by atoms with Crippen LogP contribution >= 0.6 is 27.3 Å². The van der Waals surface area contributed by atoms with Gasteiger partial charge in [-0.25, -0.2) is 8.42 Å². The molecule has 25 heavy (non-hydrogen) atoms. The van der Waals surface area contributed by atoms with Gasteiger partial charge in [0.25, 0.3) is 5.91 Å². The number of halogens is 1. The molecule has 128 valence electrons. The van der Waals surface area contributed by atoms with Crippen molar-refractivity contribution < 1.29 is 13.2 Å². The van der Waals surface area contributed by atoms with Crippen LogP contribution in [0, 0.1) is 0 Å². The Kier molecular flexibility index (Phi) is 5.26. The Hall–Kier alpha value is -2.10. The van der Waals surface area contributed by atoms with Gasteiger partial charge in [-0.3, -0.25) is 10.1 Å². The van der Waals surface area contributed by atoms with Crippen molar-refractivity contribution >= 4 is 48.1 Å². The minimum absolute atomic E-state index is 0.226. The maximum Gasteiger partial charge on any atom is 0.258 e. The van der Waals surface area contributed by atoms with Gasteiger partial charge in [0.1, 0.15) is 10.8 Å². The van der Waals surface area contributed by atoms with Gasteiger partial charge in [0, 0.05) is 4.47 Å². The van der Waals surface area contributed by atoms with Crippen LogP contribution in [-0.4, -0.2) is 24.5 Å². The number of hydrogen-bond acceptors (Lipinski definition) is 6. The summed E-state index contributed by atoms with van der Waals surface area (Å²) in [4.78, 5) is 12.5. The van der Waals surface area contributed by atoms with Gasteiger partial charge < -0.3 is 0 Å². The molecule has 0 fully saturated rings. The van der Waals surface area contributed by atoms with E-state index >= 15 is 0 Å². The summed E-state index contributed by atoms with van der Waals surface area (Å²) in [5.74, 6) is -0.611. The molecule has 0 unspecified atom stereocenters. The lowest BCUT2D eigenvalue weighted by Crippen LogP contribution is -2.12. The molecule has 0 aliphatic heterocycles. The van der Waals surface area contributed by atoms with Gasteiger partial charge in [0.15, 0.2) is 9.84 Å². The Bertz CT molecular complexity index is 1000. The number of benzene rings is 2. The largest absolute Gasteiger partial charge is 0.296 e. The van der Waals surface area contributed by atoms with Crippen LogP contribution in [0.1, 0.15) is 15.4 Å². The molecule has 2 aromatic carbocycles. The minimum atomic E-state index is -3.50. The second kappa shape index (κ2) is 7.42. The van der Waals surface area contributed by atoms with Gasteiger partial charge in [-0.2, -0.15) is 0 Å². The van der Waals surface area contributed by atoms with E-state index in [0.717, 1.165) is 11.3 Å². The molecule has 0 aliphatic carbocycles. The van der Waals surface area contributed by atoms with Crippen LogP contribution < -0.4 is 5.32 Å². The number of carbonyl (C=O) groups is 1. The second-order valence-electron chi connectivity index (χ2n) is 5.01. The third kappa shape index (κ3) is 4.30. The molecule has 0 saturated carbocycles. The molecule has 0 radical (unpaired) electrons. The van der Waals surface area contributed by atoms with Crippen LogP contribution in [0.5, 0.6) is 0 Å². The van der Waals surface area contributed by atoms with Crippen molar-refractivity contribution in [3.05, 3.63) is 69.6 Å². The first-order valence-electron chi connectivity index (χ1n) is 7.12. The number of rotatable bonds is 5. The number of anilines is 1. The molecule has 3 rings (SSSR count). The Morgan fingerprint density at radius 1 is 1.04 bits per heavy atom. The predicted octanol–water partition coefficient (Wildman–Crippen LogP) is 3.53. The topological polar surface area (TPSA) is 89.0 Å². The average Bonchev–Trinajstić information content (AvgIpc) is 3.02. The number of sulfone groups is 1. The molecule has 1 N–H and O–H groups in total. The lowest BCUT2D eigenvalue weighted by Gasteiger charge is -2.03. The fourth-order valence-corrected chi connectivity index (χ4v) is 4.86. The zero-order valence-corrected chi connectivity index (χ0v) is 15.9. The van der Waals surface area contributed by atoms with E-state index < -0.39 is 9.84 Å². The Balaban J connectivity index is 1.73. The SMILES string of the molecule is O=C(Nc1nnc(CS(=O)(=O)c2ccccc2)s1)c1ccccc1Br. The molecular formula is C16H12BrN3O3S2. The van der Waals surface area contributed by atoms with Gasteiger partial charge in [-0.1, -0.05) is 41.7 Å². The number of aromatic nitrogens is 2. The minimum Gasteiger partial charge on any atom is -0.296 e. The van der Waals surface area contributed by atoms with E-state index in [9.17, 15) is 13.2 Å². The van der Waals surface area contributed by atoms with E-state index in [1.807, 2.05) is 0 Å². The highest BCUT2D eigenvalue weighted by Gasteiger charge is 2.19. The lowest BCUT2D eigenvalue weighted by molar-refractivity contribution is 0.102. The van der Waals surface area contributed by atoms with Gasteiger partial charge in [0.2, 0.25) is 5.13 Å². The maximum absolute atomic E-state index is 12.3. The first kappa shape index (κ1) is 17.7. The number of carbonyl (C=O) groups excluding carboxylic acids is 1. The van der Waals surface area contributed by atoms with Crippen LogP contribution in [-0.2, 0) is 15.6 Å². The first-order valence-corrected chi connectivity index (χ1v) is 10.4. The number of nitrogens with one attached hydrogen (secondary N) is 1. The normalized spacial score (nSPS) is 11.2. The van der Waals surface area contributed by atoms with Gasteiger partial charge in [0.05, 0.1) is 10.5 Å². The summed E-state index contributed by atoms with van der Waals surface area (Å²) in [6.45, 7) is 0. The summed E-state index contributed by atoms with van der Waals surface area (Å²) >= 11 is 4.34. The molecule has 1 amide bonds. The Morgan fingerprint density at radius 2 is 1.72 bits per heavy atom. The van der Waals surface area contributed by atoms with Crippen LogP contribution in [0.2, 0.25) is 0 Å². The molecule has 3 aromatic rings. The molecule has 0 spiro atoms. The summed E-state index contributed by atoms with van der Waals surface area (Å²) in [7, 11) is -3.50. The van der Waals surface area contributed by atoms with Crippen molar-refractivity contribution in [2.24, 2.45) is 0 Å². The summed E-state index contributed by atoms with van der Waals surface area (Å²) in [5.41, 5.74) is 0.455. The highest BCUT2D eigenvalue weighted by Crippen LogP contribution is 2.23. The molecular weight excluding hydrogens is 426 g/mol. The fraction of sp³-hybridized carbons (Fsp3) is 0.0625. The average molecular weight is 438 g/mol. The molecule has 6 nitrogen and oxygen atoms in total. The van der Waals surface area contributed by atoms with E-state index in [1.165, 1.54) is 12.1 Å². The molecule has 1 aromatic heterocycles. The Labute approximate surface area is 157 Å². The van der Waals surface area contributed by atoms with Gasteiger partial charge in [-0.15, -0.1) is 10.2 Å². The summed E-state index contributed by atoms with van der Waals surface area (Å²) in [6.07, 6.45) is 0. The number of nitrogens with zero attached hydrogens (tertiary/aromatic N) is 2. The fourth-order valence-electron chi connectivity index (χ4n) is 2.05. The zero-order chi connectivity index (χ0) is 17.9. The molecule has 9 heteroatoms.